The zero-order valence-corrected chi connectivity index (χ0v) is 17.9. The van der Waals surface area contributed by atoms with Crippen LogP contribution >= 0.6 is 11.6 Å². The predicted octanol–water partition coefficient (Wildman–Crippen LogP) is 4.72. The van der Waals surface area contributed by atoms with E-state index in [1.54, 1.807) is 23.0 Å². The number of ketones is 1. The van der Waals surface area contributed by atoms with E-state index >= 15 is 0 Å². The van der Waals surface area contributed by atoms with Crippen molar-refractivity contribution in [2.45, 2.75) is 60.0 Å². The summed E-state index contributed by atoms with van der Waals surface area (Å²) in [5.74, 6) is 0.158. The van der Waals surface area contributed by atoms with Gasteiger partial charge >= 0.3 is 0 Å². The van der Waals surface area contributed by atoms with Gasteiger partial charge in [0.15, 0.2) is 5.78 Å². The second kappa shape index (κ2) is 9.69. The molecule has 0 amide bonds. The van der Waals surface area contributed by atoms with E-state index in [2.05, 4.69) is 10.3 Å². The van der Waals surface area contributed by atoms with Gasteiger partial charge in [-0.05, 0) is 38.0 Å². The van der Waals surface area contributed by atoms with Crippen LogP contribution in [0.5, 0.6) is 0 Å². The van der Waals surface area contributed by atoms with Gasteiger partial charge in [-0.25, -0.2) is 4.98 Å². The normalized spacial score (nSPS) is 15.9. The number of fused-ring (bicyclic) bond motifs is 1. The van der Waals surface area contributed by atoms with Crippen molar-refractivity contribution >= 4 is 33.9 Å². The number of carbonyl (C=O) groups is 1. The number of carbonyl (C=O) groups excluding carboxylic acids is 1. The van der Waals surface area contributed by atoms with Crippen molar-refractivity contribution in [3.05, 3.63) is 57.2 Å². The molecule has 2 aromatic rings. The maximum atomic E-state index is 13.0. The van der Waals surface area contributed by atoms with Crippen LogP contribution < -0.4 is 10.9 Å². The van der Waals surface area contributed by atoms with E-state index in [-0.39, 0.29) is 17.4 Å². The van der Waals surface area contributed by atoms with Crippen LogP contribution in [0.4, 0.5) is 0 Å². The second-order valence-electron chi connectivity index (χ2n) is 6.44. The van der Waals surface area contributed by atoms with E-state index in [4.69, 9.17) is 11.6 Å². The molecule has 0 bridgehead atoms. The molecule has 3 heterocycles. The molecule has 0 aromatic carbocycles. The highest BCUT2D eigenvalue weighted by Crippen LogP contribution is 2.26. The Hall–Kier alpha value is -2.40. The lowest BCUT2D eigenvalue weighted by molar-refractivity contribution is -0.119. The Labute approximate surface area is 171 Å². The first kappa shape index (κ1) is 21.9. The van der Waals surface area contributed by atoms with Gasteiger partial charge in [-0.1, -0.05) is 38.4 Å². The van der Waals surface area contributed by atoms with Gasteiger partial charge in [-0.15, -0.1) is 0 Å². The highest BCUT2D eigenvalue weighted by atomic mass is 35.5. The molecule has 1 aliphatic heterocycles. The molecule has 2 aromatic heterocycles. The average Bonchev–Trinajstić information content (AvgIpc) is 2.69. The van der Waals surface area contributed by atoms with E-state index in [0.717, 1.165) is 28.5 Å². The number of halogens is 1. The predicted molar refractivity (Wildman–Crippen MR) is 117 cm³/mol. The second-order valence-corrected chi connectivity index (χ2v) is 6.83. The van der Waals surface area contributed by atoms with Gasteiger partial charge in [0.1, 0.15) is 11.2 Å². The summed E-state index contributed by atoms with van der Waals surface area (Å²) in [6, 6.07) is 3.22. The summed E-state index contributed by atoms with van der Waals surface area (Å²) in [6.45, 7) is 10.4. The van der Waals surface area contributed by atoms with Gasteiger partial charge in [0, 0.05) is 41.9 Å². The first-order valence-corrected chi connectivity index (χ1v) is 10.2. The fourth-order valence-corrected chi connectivity index (χ4v) is 3.46. The number of dihydropyridines is 1. The van der Waals surface area contributed by atoms with Crippen LogP contribution in [0.3, 0.4) is 0 Å². The molecule has 0 radical (unpaired) electrons. The van der Waals surface area contributed by atoms with E-state index in [0.29, 0.717) is 23.7 Å². The third-order valence-electron chi connectivity index (χ3n) is 4.64. The molecule has 0 saturated carbocycles. The summed E-state index contributed by atoms with van der Waals surface area (Å²) < 4.78 is 1.70. The topological polar surface area (TPSA) is 64.0 Å². The van der Waals surface area contributed by atoms with Crippen molar-refractivity contribution in [3.63, 3.8) is 0 Å². The standard InChI is InChI=1S/C20H22ClN3O2.C2H6/c1-4-6-18(25)16-7-12(3)15(11-22-16)14-8-13-10-23-19(21)9-17(13)24(5-2)20(14)26;1-2/h7-11,16,22H,4-6H2,1-3H3;1-2H3. The van der Waals surface area contributed by atoms with Crippen molar-refractivity contribution in [2.24, 2.45) is 0 Å². The molecule has 1 atom stereocenters. The smallest absolute Gasteiger partial charge is 0.258 e. The summed E-state index contributed by atoms with van der Waals surface area (Å²) >= 11 is 5.99. The van der Waals surface area contributed by atoms with Crippen molar-refractivity contribution in [1.29, 1.82) is 0 Å². The molecule has 3 rings (SSSR count). The van der Waals surface area contributed by atoms with E-state index in [9.17, 15) is 9.59 Å². The number of hydrogen-bond acceptors (Lipinski definition) is 4. The van der Waals surface area contributed by atoms with Gasteiger partial charge in [0.2, 0.25) is 0 Å². The highest BCUT2D eigenvalue weighted by molar-refractivity contribution is 6.30. The van der Waals surface area contributed by atoms with Crippen molar-refractivity contribution in [3.8, 4) is 0 Å². The number of aryl methyl sites for hydroxylation is 1. The van der Waals surface area contributed by atoms with E-state index < -0.39 is 0 Å². The summed E-state index contributed by atoms with van der Waals surface area (Å²) in [5.41, 5.74) is 2.99. The Morgan fingerprint density at radius 2 is 2.00 bits per heavy atom. The molecule has 0 fully saturated rings. The average molecular weight is 402 g/mol. The molecular formula is C22H28ClN3O2. The summed E-state index contributed by atoms with van der Waals surface area (Å²) in [5, 5.41) is 4.34. The third kappa shape index (κ3) is 4.36. The molecule has 1 N–H and O–H groups in total. The molecule has 5 nitrogen and oxygen atoms in total. The van der Waals surface area contributed by atoms with Crippen LogP contribution in [0.25, 0.3) is 16.5 Å². The first-order valence-electron chi connectivity index (χ1n) is 9.83. The number of allylic oxidation sites excluding steroid dienone is 2. The van der Waals surface area contributed by atoms with Crippen LogP contribution in [0, 0.1) is 0 Å². The minimum Gasteiger partial charge on any atom is -0.378 e. The summed E-state index contributed by atoms with van der Waals surface area (Å²) in [4.78, 5) is 29.3. The fraction of sp³-hybridized carbons (Fsp3) is 0.409. The van der Waals surface area contributed by atoms with E-state index in [1.807, 2.05) is 46.8 Å². The first-order chi connectivity index (χ1) is 13.5. The maximum absolute atomic E-state index is 13.0. The fourth-order valence-electron chi connectivity index (χ4n) is 3.31. The number of nitrogens with one attached hydrogen (secondary N) is 1. The number of aromatic nitrogens is 2. The Kier molecular flexibility index (Phi) is 7.58. The van der Waals surface area contributed by atoms with Gasteiger partial charge in [-0.2, -0.15) is 0 Å². The van der Waals surface area contributed by atoms with E-state index in [1.165, 1.54) is 0 Å². The van der Waals surface area contributed by atoms with Gasteiger partial charge < -0.3 is 9.88 Å². The SMILES string of the molecule is CC.CCCC(=O)C1C=C(C)C(c2cc3cnc(Cl)cc3n(CC)c2=O)=CN1. The monoisotopic (exact) mass is 401 g/mol. The van der Waals surface area contributed by atoms with Gasteiger partial charge in [0.05, 0.1) is 5.52 Å². The molecule has 28 heavy (non-hydrogen) atoms. The molecule has 150 valence electrons. The molecule has 0 saturated heterocycles. The van der Waals surface area contributed by atoms with Crippen LogP contribution in [-0.2, 0) is 11.3 Å². The Morgan fingerprint density at radius 3 is 2.61 bits per heavy atom. The lowest BCUT2D eigenvalue weighted by Crippen LogP contribution is -2.34. The van der Waals surface area contributed by atoms with Crippen molar-refractivity contribution in [1.82, 2.24) is 14.9 Å². The number of nitrogens with zero attached hydrogens (tertiary/aromatic N) is 2. The zero-order valence-electron chi connectivity index (χ0n) is 17.2. The minimum absolute atomic E-state index is 0.0820. The Balaban J connectivity index is 0.00000136. The van der Waals surface area contributed by atoms with Crippen molar-refractivity contribution < 1.29 is 4.79 Å². The zero-order chi connectivity index (χ0) is 20.8. The Morgan fingerprint density at radius 1 is 1.29 bits per heavy atom. The molecule has 1 unspecified atom stereocenters. The molecule has 1 aliphatic rings. The Bertz CT molecular complexity index is 989. The highest BCUT2D eigenvalue weighted by Gasteiger charge is 2.21. The lowest BCUT2D eigenvalue weighted by atomic mass is 9.94. The number of pyridine rings is 2. The van der Waals surface area contributed by atoms with Crippen LogP contribution in [0.2, 0.25) is 5.15 Å². The quantitative estimate of drug-likeness (QED) is 0.736. The minimum atomic E-state index is -0.326. The largest absolute Gasteiger partial charge is 0.378 e. The van der Waals surface area contributed by atoms with Gasteiger partial charge in [0.25, 0.3) is 5.56 Å². The van der Waals surface area contributed by atoms with Crippen LogP contribution in [0.15, 0.2) is 41.0 Å². The summed E-state index contributed by atoms with van der Waals surface area (Å²) in [7, 11) is 0. The van der Waals surface area contributed by atoms with Gasteiger partial charge in [-0.3, -0.25) is 9.59 Å². The lowest BCUT2D eigenvalue weighted by Gasteiger charge is -2.22. The van der Waals surface area contributed by atoms with Crippen molar-refractivity contribution in [2.75, 3.05) is 0 Å². The molecule has 0 spiro atoms. The number of hydrogen-bond donors (Lipinski definition) is 1. The molecular weight excluding hydrogens is 374 g/mol. The molecule has 0 aliphatic carbocycles. The summed E-state index contributed by atoms with van der Waals surface area (Å²) in [6.07, 6.45) is 6.71. The third-order valence-corrected chi connectivity index (χ3v) is 4.85. The number of rotatable bonds is 5. The van der Waals surface area contributed by atoms with Crippen LogP contribution in [-0.4, -0.2) is 21.4 Å². The van der Waals surface area contributed by atoms with Crippen LogP contribution in [0.1, 0.15) is 53.0 Å². The number of Topliss-reactive ketones (excluding diaryl/α,β-unsaturated/α-hetero) is 1. The maximum Gasteiger partial charge on any atom is 0.258 e. The molecule has 6 heteroatoms.